The summed E-state index contributed by atoms with van der Waals surface area (Å²) in [6.07, 6.45) is 3.01. The fourth-order valence-electron chi connectivity index (χ4n) is 4.62. The summed E-state index contributed by atoms with van der Waals surface area (Å²) in [5, 5.41) is 2.21. The summed E-state index contributed by atoms with van der Waals surface area (Å²) in [6.45, 7) is 2.33. The predicted octanol–water partition coefficient (Wildman–Crippen LogP) is 3.16. The van der Waals surface area contributed by atoms with Crippen LogP contribution in [0.1, 0.15) is 30.4 Å². The largest absolute Gasteiger partial charge is 0.366 e. The van der Waals surface area contributed by atoms with Crippen molar-refractivity contribution >= 4 is 23.0 Å². The highest BCUT2D eigenvalue weighted by Gasteiger charge is 2.40. The quantitative estimate of drug-likeness (QED) is 0.773. The first-order chi connectivity index (χ1) is 13.5. The average molecular weight is 402 g/mol. The zero-order valence-electron chi connectivity index (χ0n) is 15.7. The molecule has 4 N–H and O–H groups in total. The fourth-order valence-corrected chi connectivity index (χ4v) is 5.06. The molecule has 0 bridgehead atoms. The first kappa shape index (κ1) is 18.2. The molecule has 1 saturated carbocycles. The van der Waals surface area contributed by atoms with Gasteiger partial charge < -0.3 is 15.5 Å². The minimum absolute atomic E-state index is 0.299. The van der Waals surface area contributed by atoms with E-state index >= 15 is 4.39 Å². The van der Waals surface area contributed by atoms with Crippen molar-refractivity contribution < 1.29 is 4.39 Å². The molecule has 0 radical (unpaired) electrons. The lowest BCUT2D eigenvalue weighted by atomic mass is 9.90. The number of fused-ring (bicyclic) bond motifs is 1. The van der Waals surface area contributed by atoms with Crippen LogP contribution in [0, 0.1) is 5.82 Å². The van der Waals surface area contributed by atoms with E-state index in [1.165, 1.54) is 0 Å². The Kier molecular flexibility index (Phi) is 4.28. The number of hydrogen-bond donors (Lipinski definition) is 2. The minimum Gasteiger partial charge on any atom is -0.366 e. The van der Waals surface area contributed by atoms with Crippen LogP contribution < -0.4 is 21.4 Å². The third-order valence-corrected chi connectivity index (χ3v) is 6.55. The Morgan fingerprint density at radius 1 is 1.14 bits per heavy atom. The lowest BCUT2D eigenvalue weighted by Crippen LogP contribution is -2.47. The van der Waals surface area contributed by atoms with Gasteiger partial charge in [-0.05, 0) is 36.5 Å². The lowest BCUT2D eigenvalue weighted by Gasteiger charge is -2.38. The molecular formula is C21H25ClFN5. The average Bonchev–Trinajstić information content (AvgIpc) is 3.44. The van der Waals surface area contributed by atoms with Gasteiger partial charge in [-0.2, -0.15) is 0 Å². The Hall–Kier alpha value is -1.86. The second kappa shape index (κ2) is 6.59. The SMILES string of the molecule is NN1Cc2cc(F)c(N3CCC(N)(c4ccccc4)C3)c(Cl)c2N(C2CC2)C1. The Morgan fingerprint density at radius 3 is 2.61 bits per heavy atom. The van der Waals surface area contributed by atoms with E-state index in [1.54, 1.807) is 11.1 Å². The predicted molar refractivity (Wildman–Crippen MR) is 111 cm³/mol. The second-order valence-corrected chi connectivity index (χ2v) is 8.69. The maximum atomic E-state index is 15.2. The van der Waals surface area contributed by atoms with Crippen molar-refractivity contribution in [2.24, 2.45) is 11.6 Å². The summed E-state index contributed by atoms with van der Waals surface area (Å²) in [5.41, 5.74) is 9.55. The Bertz CT molecular complexity index is 903. The molecule has 2 aliphatic heterocycles. The molecule has 0 amide bonds. The highest BCUT2D eigenvalue weighted by atomic mass is 35.5. The van der Waals surface area contributed by atoms with Crippen molar-refractivity contribution in [2.75, 3.05) is 29.6 Å². The van der Waals surface area contributed by atoms with Gasteiger partial charge in [0.15, 0.2) is 0 Å². The molecule has 148 valence electrons. The van der Waals surface area contributed by atoms with Gasteiger partial charge in [-0.1, -0.05) is 41.9 Å². The van der Waals surface area contributed by atoms with Crippen molar-refractivity contribution in [3.05, 3.63) is 58.4 Å². The number of rotatable bonds is 3. The third-order valence-electron chi connectivity index (χ3n) is 6.20. The number of benzene rings is 2. The van der Waals surface area contributed by atoms with Crippen LogP contribution in [0.25, 0.3) is 0 Å². The highest BCUT2D eigenvalue weighted by molar-refractivity contribution is 6.36. The van der Waals surface area contributed by atoms with Crippen molar-refractivity contribution in [1.82, 2.24) is 5.01 Å². The summed E-state index contributed by atoms with van der Waals surface area (Å²) in [6, 6.07) is 12.1. The molecule has 0 spiro atoms. The number of anilines is 2. The first-order valence-electron chi connectivity index (χ1n) is 9.83. The topological polar surface area (TPSA) is 61.8 Å². The van der Waals surface area contributed by atoms with Crippen LogP contribution in [0.2, 0.25) is 5.02 Å². The molecule has 5 rings (SSSR count). The monoisotopic (exact) mass is 401 g/mol. The zero-order valence-corrected chi connectivity index (χ0v) is 16.5. The van der Waals surface area contributed by atoms with Gasteiger partial charge in [-0.15, -0.1) is 0 Å². The molecule has 2 heterocycles. The molecule has 7 heteroatoms. The Balaban J connectivity index is 1.52. The maximum absolute atomic E-state index is 15.2. The van der Waals surface area contributed by atoms with Crippen molar-refractivity contribution in [2.45, 2.75) is 37.4 Å². The van der Waals surface area contributed by atoms with Crippen LogP contribution in [0.5, 0.6) is 0 Å². The Labute approximate surface area is 169 Å². The van der Waals surface area contributed by atoms with E-state index in [0.717, 1.165) is 36.1 Å². The molecule has 1 unspecified atom stereocenters. The van der Waals surface area contributed by atoms with Crippen molar-refractivity contribution in [3.8, 4) is 0 Å². The number of halogens is 2. The van der Waals surface area contributed by atoms with Gasteiger partial charge in [-0.3, -0.25) is 5.84 Å². The normalized spacial score (nSPS) is 25.3. The van der Waals surface area contributed by atoms with E-state index < -0.39 is 5.54 Å². The lowest BCUT2D eigenvalue weighted by molar-refractivity contribution is 0.258. The van der Waals surface area contributed by atoms with Crippen molar-refractivity contribution in [3.63, 3.8) is 0 Å². The van der Waals surface area contributed by atoms with E-state index in [2.05, 4.69) is 4.90 Å². The van der Waals surface area contributed by atoms with E-state index in [1.807, 2.05) is 35.2 Å². The van der Waals surface area contributed by atoms with Crippen LogP contribution in [-0.2, 0) is 12.1 Å². The number of hydrogen-bond acceptors (Lipinski definition) is 5. The van der Waals surface area contributed by atoms with E-state index in [4.69, 9.17) is 23.2 Å². The van der Waals surface area contributed by atoms with Crippen LogP contribution in [-0.4, -0.2) is 30.8 Å². The molecule has 1 atom stereocenters. The number of nitrogens with two attached hydrogens (primary N) is 2. The molecule has 5 nitrogen and oxygen atoms in total. The molecule has 2 aromatic carbocycles. The molecule has 1 saturated heterocycles. The standard InChI is InChI=1S/C21H25ClFN5/c22-18-19-14(11-27(25)13-28(19)16-6-7-16)10-17(23)20(18)26-9-8-21(24,12-26)15-4-2-1-3-5-15/h1-5,10,16H,6-9,11-13,24-25H2. The molecule has 28 heavy (non-hydrogen) atoms. The summed E-state index contributed by atoms with van der Waals surface area (Å²) >= 11 is 6.84. The highest BCUT2D eigenvalue weighted by Crippen LogP contribution is 2.47. The van der Waals surface area contributed by atoms with Gasteiger partial charge in [0, 0.05) is 25.7 Å². The van der Waals surface area contributed by atoms with Gasteiger partial charge in [0.2, 0.25) is 0 Å². The van der Waals surface area contributed by atoms with Gasteiger partial charge >= 0.3 is 0 Å². The van der Waals surface area contributed by atoms with Crippen LogP contribution in [0.3, 0.4) is 0 Å². The van der Waals surface area contributed by atoms with Crippen LogP contribution in [0.4, 0.5) is 15.8 Å². The molecule has 2 fully saturated rings. The zero-order chi connectivity index (χ0) is 19.5. The van der Waals surface area contributed by atoms with Gasteiger partial charge in [0.1, 0.15) is 5.82 Å². The summed E-state index contributed by atoms with van der Waals surface area (Å²) < 4.78 is 15.2. The van der Waals surface area contributed by atoms with Crippen LogP contribution in [0.15, 0.2) is 36.4 Å². The molecule has 3 aliphatic rings. The molecule has 1 aliphatic carbocycles. The summed E-state index contributed by atoms with van der Waals surface area (Å²) in [5.74, 6) is 5.77. The maximum Gasteiger partial charge on any atom is 0.148 e. The summed E-state index contributed by atoms with van der Waals surface area (Å²) in [7, 11) is 0. The minimum atomic E-state index is -0.503. The van der Waals surface area contributed by atoms with Gasteiger partial charge in [0.05, 0.1) is 28.6 Å². The van der Waals surface area contributed by atoms with E-state index in [9.17, 15) is 0 Å². The summed E-state index contributed by atoms with van der Waals surface area (Å²) in [4.78, 5) is 4.23. The Morgan fingerprint density at radius 2 is 1.89 bits per heavy atom. The fraction of sp³-hybridized carbons (Fsp3) is 0.429. The number of nitrogens with zero attached hydrogens (tertiary/aromatic N) is 3. The van der Waals surface area contributed by atoms with Crippen LogP contribution >= 0.6 is 11.6 Å². The van der Waals surface area contributed by atoms with Gasteiger partial charge in [0.25, 0.3) is 0 Å². The smallest absolute Gasteiger partial charge is 0.148 e. The first-order valence-corrected chi connectivity index (χ1v) is 10.2. The van der Waals surface area contributed by atoms with Gasteiger partial charge in [-0.25, -0.2) is 9.40 Å². The molecule has 2 aromatic rings. The van der Waals surface area contributed by atoms with Crippen molar-refractivity contribution in [1.29, 1.82) is 0 Å². The van der Waals surface area contributed by atoms with E-state index in [0.29, 0.717) is 43.1 Å². The van der Waals surface area contributed by atoms with E-state index in [-0.39, 0.29) is 5.82 Å². The number of hydrazine groups is 1. The molecular weight excluding hydrogens is 377 g/mol. The third kappa shape index (κ3) is 2.95. The molecule has 0 aromatic heterocycles. The second-order valence-electron chi connectivity index (χ2n) is 8.31.